The SMILES string of the molecule is NC(=O)CC1CCN(C(=O)NCc2ccc(-n3cccn3)nc2)CC1. The minimum Gasteiger partial charge on any atom is -0.370 e. The second-order valence-corrected chi connectivity index (χ2v) is 6.23. The Morgan fingerprint density at radius 1 is 1.28 bits per heavy atom. The number of carbonyl (C=O) groups is 2. The minimum atomic E-state index is -0.269. The van der Waals surface area contributed by atoms with Gasteiger partial charge in [-0.2, -0.15) is 5.10 Å². The number of nitrogens with zero attached hydrogens (tertiary/aromatic N) is 4. The maximum absolute atomic E-state index is 12.2. The van der Waals surface area contributed by atoms with Gasteiger partial charge >= 0.3 is 6.03 Å². The molecule has 3 rings (SSSR count). The normalized spacial score (nSPS) is 15.1. The summed E-state index contributed by atoms with van der Waals surface area (Å²) in [5.41, 5.74) is 6.15. The third-order valence-electron chi connectivity index (χ3n) is 4.38. The molecule has 8 nitrogen and oxygen atoms in total. The lowest BCUT2D eigenvalue weighted by molar-refractivity contribution is -0.119. The van der Waals surface area contributed by atoms with E-state index in [1.165, 1.54) is 0 Å². The smallest absolute Gasteiger partial charge is 0.317 e. The van der Waals surface area contributed by atoms with Crippen molar-refractivity contribution in [1.29, 1.82) is 0 Å². The number of rotatable bonds is 5. The Labute approximate surface area is 146 Å². The van der Waals surface area contributed by atoms with Crippen LogP contribution in [0.15, 0.2) is 36.8 Å². The Morgan fingerprint density at radius 2 is 2.08 bits per heavy atom. The molecule has 1 aliphatic heterocycles. The van der Waals surface area contributed by atoms with E-state index in [4.69, 9.17) is 5.73 Å². The van der Waals surface area contributed by atoms with Gasteiger partial charge in [0.1, 0.15) is 0 Å². The highest BCUT2D eigenvalue weighted by Gasteiger charge is 2.23. The summed E-state index contributed by atoms with van der Waals surface area (Å²) in [5.74, 6) is 0.756. The maximum Gasteiger partial charge on any atom is 0.317 e. The number of aromatic nitrogens is 3. The van der Waals surface area contributed by atoms with Crippen molar-refractivity contribution in [2.24, 2.45) is 11.7 Å². The number of pyridine rings is 1. The highest BCUT2D eigenvalue weighted by atomic mass is 16.2. The lowest BCUT2D eigenvalue weighted by atomic mass is 9.93. The van der Waals surface area contributed by atoms with Gasteiger partial charge in [-0.05, 0) is 36.5 Å². The second-order valence-electron chi connectivity index (χ2n) is 6.23. The fourth-order valence-electron chi connectivity index (χ4n) is 2.98. The Hall–Kier alpha value is -2.90. The molecule has 132 valence electrons. The molecule has 2 aromatic heterocycles. The Bertz CT molecular complexity index is 705. The molecule has 0 atom stereocenters. The molecule has 2 aromatic rings. The minimum absolute atomic E-state index is 0.0892. The third kappa shape index (κ3) is 4.56. The molecule has 0 aromatic carbocycles. The molecule has 8 heteroatoms. The number of hydrogen-bond donors (Lipinski definition) is 2. The molecule has 3 N–H and O–H groups in total. The van der Waals surface area contributed by atoms with E-state index in [0.29, 0.717) is 32.0 Å². The second kappa shape index (κ2) is 7.78. The van der Waals surface area contributed by atoms with E-state index < -0.39 is 0 Å². The quantitative estimate of drug-likeness (QED) is 0.847. The lowest BCUT2D eigenvalue weighted by Gasteiger charge is -2.31. The Morgan fingerprint density at radius 3 is 2.68 bits per heavy atom. The van der Waals surface area contributed by atoms with Crippen LogP contribution >= 0.6 is 0 Å². The van der Waals surface area contributed by atoms with Gasteiger partial charge in [0.05, 0.1) is 0 Å². The van der Waals surface area contributed by atoms with Crippen LogP contribution in [-0.4, -0.2) is 44.7 Å². The van der Waals surface area contributed by atoms with E-state index in [-0.39, 0.29) is 11.9 Å². The van der Waals surface area contributed by atoms with Gasteiger partial charge in [0.15, 0.2) is 5.82 Å². The van der Waals surface area contributed by atoms with E-state index >= 15 is 0 Å². The number of nitrogens with two attached hydrogens (primary N) is 1. The highest BCUT2D eigenvalue weighted by Crippen LogP contribution is 2.20. The van der Waals surface area contributed by atoms with Gasteiger partial charge in [-0.25, -0.2) is 14.5 Å². The first-order valence-corrected chi connectivity index (χ1v) is 8.38. The number of urea groups is 1. The zero-order valence-corrected chi connectivity index (χ0v) is 14.0. The van der Waals surface area contributed by atoms with Gasteiger partial charge in [0, 0.05) is 44.6 Å². The van der Waals surface area contributed by atoms with Crippen LogP contribution in [0.1, 0.15) is 24.8 Å². The Kier molecular flexibility index (Phi) is 5.27. The molecular formula is C17H22N6O2. The fraction of sp³-hybridized carbons (Fsp3) is 0.412. The van der Waals surface area contributed by atoms with Crippen LogP contribution in [-0.2, 0) is 11.3 Å². The van der Waals surface area contributed by atoms with Crippen molar-refractivity contribution in [3.63, 3.8) is 0 Å². The molecule has 0 unspecified atom stereocenters. The Balaban J connectivity index is 1.45. The largest absolute Gasteiger partial charge is 0.370 e. The molecule has 3 heterocycles. The number of amides is 3. The molecule has 1 saturated heterocycles. The van der Waals surface area contributed by atoms with Crippen LogP contribution in [0.4, 0.5) is 4.79 Å². The maximum atomic E-state index is 12.2. The first kappa shape index (κ1) is 16.9. The number of nitrogens with one attached hydrogen (secondary N) is 1. The molecule has 0 aliphatic carbocycles. The van der Waals surface area contributed by atoms with Gasteiger partial charge < -0.3 is 16.0 Å². The van der Waals surface area contributed by atoms with Crippen molar-refractivity contribution in [2.45, 2.75) is 25.8 Å². The van der Waals surface area contributed by atoms with Gasteiger partial charge in [0.25, 0.3) is 0 Å². The first-order chi connectivity index (χ1) is 12.1. The van der Waals surface area contributed by atoms with Gasteiger partial charge in [0.2, 0.25) is 5.91 Å². The fourth-order valence-corrected chi connectivity index (χ4v) is 2.98. The molecule has 3 amide bonds. The first-order valence-electron chi connectivity index (χ1n) is 8.38. The topological polar surface area (TPSA) is 106 Å². The van der Waals surface area contributed by atoms with Gasteiger partial charge in [-0.3, -0.25) is 4.79 Å². The van der Waals surface area contributed by atoms with Gasteiger partial charge in [-0.1, -0.05) is 6.07 Å². The molecule has 0 radical (unpaired) electrons. The van der Waals surface area contributed by atoms with E-state index in [1.54, 1.807) is 22.0 Å². The van der Waals surface area contributed by atoms with Crippen LogP contribution in [0.3, 0.4) is 0 Å². The number of primary amides is 1. The molecule has 25 heavy (non-hydrogen) atoms. The van der Waals surface area contributed by atoms with Crippen molar-refractivity contribution >= 4 is 11.9 Å². The van der Waals surface area contributed by atoms with Crippen molar-refractivity contribution in [3.05, 3.63) is 42.4 Å². The average molecular weight is 342 g/mol. The number of carbonyl (C=O) groups excluding carboxylic acids is 2. The van der Waals surface area contributed by atoms with E-state index in [1.807, 2.05) is 24.4 Å². The summed E-state index contributed by atoms with van der Waals surface area (Å²) in [6.07, 6.45) is 7.29. The van der Waals surface area contributed by atoms with Crippen LogP contribution in [0.2, 0.25) is 0 Å². The summed E-state index contributed by atoms with van der Waals surface area (Å²) < 4.78 is 1.68. The summed E-state index contributed by atoms with van der Waals surface area (Å²) in [6, 6.07) is 5.53. The van der Waals surface area contributed by atoms with Crippen molar-refractivity contribution in [3.8, 4) is 5.82 Å². The molecule has 1 fully saturated rings. The van der Waals surface area contributed by atoms with Crippen LogP contribution in [0.5, 0.6) is 0 Å². The predicted molar refractivity (Wildman–Crippen MR) is 91.7 cm³/mol. The third-order valence-corrected chi connectivity index (χ3v) is 4.38. The summed E-state index contributed by atoms with van der Waals surface area (Å²) in [6.45, 7) is 1.73. The number of hydrogen-bond acceptors (Lipinski definition) is 4. The molecule has 0 bridgehead atoms. The number of piperidine rings is 1. The molecule has 0 saturated carbocycles. The highest BCUT2D eigenvalue weighted by molar-refractivity contribution is 5.75. The van der Waals surface area contributed by atoms with E-state index in [0.717, 1.165) is 24.2 Å². The van der Waals surface area contributed by atoms with Crippen LogP contribution in [0.25, 0.3) is 5.82 Å². The van der Waals surface area contributed by atoms with Crippen molar-refractivity contribution in [2.75, 3.05) is 13.1 Å². The molecular weight excluding hydrogens is 320 g/mol. The zero-order valence-electron chi connectivity index (χ0n) is 14.0. The zero-order chi connectivity index (χ0) is 17.6. The van der Waals surface area contributed by atoms with Gasteiger partial charge in [-0.15, -0.1) is 0 Å². The monoisotopic (exact) mass is 342 g/mol. The standard InChI is InChI=1S/C17H22N6O2/c18-15(24)10-13-4-8-22(9-5-13)17(25)20-12-14-2-3-16(19-11-14)23-7-1-6-21-23/h1-3,6-7,11,13H,4-5,8-10,12H2,(H2,18,24)(H,20,25). The van der Waals surface area contributed by atoms with Crippen LogP contribution < -0.4 is 11.1 Å². The average Bonchev–Trinajstić information content (AvgIpc) is 3.15. The molecule has 1 aliphatic rings. The van der Waals surface area contributed by atoms with E-state index in [2.05, 4.69) is 15.4 Å². The summed E-state index contributed by atoms with van der Waals surface area (Å²) in [4.78, 5) is 29.3. The van der Waals surface area contributed by atoms with Crippen LogP contribution in [0, 0.1) is 5.92 Å². The molecule has 0 spiro atoms. The summed E-state index contributed by atoms with van der Waals surface area (Å²) in [7, 11) is 0. The lowest BCUT2D eigenvalue weighted by Crippen LogP contribution is -2.44. The number of likely N-dealkylation sites (tertiary alicyclic amines) is 1. The predicted octanol–water partition coefficient (Wildman–Crippen LogP) is 1.06. The summed E-state index contributed by atoms with van der Waals surface area (Å²) in [5, 5.41) is 7.04. The summed E-state index contributed by atoms with van der Waals surface area (Å²) >= 11 is 0. The van der Waals surface area contributed by atoms with Crippen molar-refractivity contribution in [1.82, 2.24) is 25.0 Å². The van der Waals surface area contributed by atoms with Crippen molar-refractivity contribution < 1.29 is 9.59 Å². The van der Waals surface area contributed by atoms with E-state index in [9.17, 15) is 9.59 Å².